The quantitative estimate of drug-likeness (QED) is 0.618. The first-order chi connectivity index (χ1) is 7.33. The highest BCUT2D eigenvalue weighted by Gasteiger charge is 2.19. The molecule has 3 nitrogen and oxygen atoms in total. The van der Waals surface area contributed by atoms with E-state index in [1.165, 1.54) is 0 Å². The molecule has 98 valence electrons. The van der Waals surface area contributed by atoms with Crippen molar-refractivity contribution < 1.29 is 9.47 Å². The van der Waals surface area contributed by atoms with E-state index in [0.29, 0.717) is 0 Å². The van der Waals surface area contributed by atoms with Gasteiger partial charge >= 0.3 is 0 Å². The predicted octanol–water partition coefficient (Wildman–Crippen LogP) is 2.45. The third kappa shape index (κ3) is 8.08. The van der Waals surface area contributed by atoms with E-state index in [1.807, 2.05) is 0 Å². The first kappa shape index (κ1) is 15.9. The van der Waals surface area contributed by atoms with Crippen LogP contribution in [0.4, 0.5) is 0 Å². The van der Waals surface area contributed by atoms with Crippen LogP contribution in [0.25, 0.3) is 0 Å². The van der Waals surface area contributed by atoms with Gasteiger partial charge in [-0.3, -0.25) is 0 Å². The van der Waals surface area contributed by atoms with Crippen molar-refractivity contribution in [1.29, 1.82) is 0 Å². The molecule has 0 atom stereocenters. The molecule has 0 spiro atoms. The SMILES string of the molecule is CCNCC(C)(C)COCCC(C)(C)OC. The van der Waals surface area contributed by atoms with Crippen LogP contribution in [0, 0.1) is 5.41 Å². The largest absolute Gasteiger partial charge is 0.381 e. The molecule has 1 N–H and O–H groups in total. The Morgan fingerprint density at radius 1 is 1.12 bits per heavy atom. The summed E-state index contributed by atoms with van der Waals surface area (Å²) in [6.07, 6.45) is 0.931. The molecule has 0 aromatic rings. The van der Waals surface area contributed by atoms with Crippen molar-refractivity contribution >= 4 is 0 Å². The topological polar surface area (TPSA) is 30.5 Å². The molecule has 3 heteroatoms. The summed E-state index contributed by atoms with van der Waals surface area (Å²) in [6.45, 7) is 14.3. The molecule has 16 heavy (non-hydrogen) atoms. The van der Waals surface area contributed by atoms with Gasteiger partial charge in [0.15, 0.2) is 0 Å². The molecule has 0 rings (SSSR count). The van der Waals surface area contributed by atoms with E-state index in [-0.39, 0.29) is 11.0 Å². The van der Waals surface area contributed by atoms with Gasteiger partial charge in [0.1, 0.15) is 0 Å². The van der Waals surface area contributed by atoms with Gasteiger partial charge in [-0.1, -0.05) is 20.8 Å². The molecule has 0 amide bonds. The number of nitrogens with one attached hydrogen (secondary N) is 1. The Bertz CT molecular complexity index is 179. The third-order valence-corrected chi connectivity index (χ3v) is 2.75. The Morgan fingerprint density at radius 3 is 2.25 bits per heavy atom. The highest BCUT2D eigenvalue weighted by atomic mass is 16.5. The summed E-state index contributed by atoms with van der Waals surface area (Å²) in [4.78, 5) is 0. The second kappa shape index (κ2) is 7.25. The Morgan fingerprint density at radius 2 is 1.75 bits per heavy atom. The first-order valence-corrected chi connectivity index (χ1v) is 6.16. The van der Waals surface area contributed by atoms with Gasteiger partial charge in [-0.15, -0.1) is 0 Å². The molecule has 0 saturated carbocycles. The lowest BCUT2D eigenvalue weighted by Gasteiger charge is -2.27. The summed E-state index contributed by atoms with van der Waals surface area (Å²) >= 11 is 0. The minimum atomic E-state index is -0.0776. The molecule has 0 heterocycles. The number of methoxy groups -OCH3 is 1. The van der Waals surface area contributed by atoms with Gasteiger partial charge in [-0.05, 0) is 26.8 Å². The van der Waals surface area contributed by atoms with Crippen LogP contribution in [0.1, 0.15) is 41.0 Å². The molecule has 0 aliphatic carbocycles. The maximum atomic E-state index is 5.71. The lowest BCUT2D eigenvalue weighted by atomic mass is 9.95. The van der Waals surface area contributed by atoms with E-state index >= 15 is 0 Å². The van der Waals surface area contributed by atoms with Crippen molar-refractivity contribution in [2.24, 2.45) is 5.41 Å². The fourth-order valence-corrected chi connectivity index (χ4v) is 1.28. The molecule has 0 bridgehead atoms. The molecule has 0 saturated heterocycles. The Balaban J connectivity index is 3.64. The molecule has 0 fully saturated rings. The zero-order valence-electron chi connectivity index (χ0n) is 11.9. The maximum absolute atomic E-state index is 5.71. The monoisotopic (exact) mass is 231 g/mol. The zero-order valence-corrected chi connectivity index (χ0v) is 11.9. The van der Waals surface area contributed by atoms with Crippen molar-refractivity contribution in [3.05, 3.63) is 0 Å². The van der Waals surface area contributed by atoms with Crippen LogP contribution in [0.3, 0.4) is 0 Å². The normalized spacial score (nSPS) is 13.1. The lowest BCUT2D eigenvalue weighted by molar-refractivity contribution is -0.0209. The van der Waals surface area contributed by atoms with Gasteiger partial charge in [0, 0.05) is 25.7 Å². The predicted molar refractivity (Wildman–Crippen MR) is 68.8 cm³/mol. The molecule has 0 aliphatic rings. The van der Waals surface area contributed by atoms with Crippen molar-refractivity contribution in [1.82, 2.24) is 5.32 Å². The van der Waals surface area contributed by atoms with E-state index in [9.17, 15) is 0 Å². The van der Waals surface area contributed by atoms with Crippen LogP contribution in [0.2, 0.25) is 0 Å². The fraction of sp³-hybridized carbons (Fsp3) is 1.00. The smallest absolute Gasteiger partial charge is 0.0644 e. The molecule has 0 aromatic heterocycles. The highest BCUT2D eigenvalue weighted by molar-refractivity contribution is 4.71. The van der Waals surface area contributed by atoms with Crippen LogP contribution in [-0.4, -0.2) is 39.0 Å². The molecule has 0 radical (unpaired) electrons. The molecular weight excluding hydrogens is 202 g/mol. The minimum Gasteiger partial charge on any atom is -0.381 e. The Kier molecular flexibility index (Phi) is 7.20. The maximum Gasteiger partial charge on any atom is 0.0644 e. The van der Waals surface area contributed by atoms with E-state index in [2.05, 4.69) is 39.9 Å². The number of hydrogen-bond acceptors (Lipinski definition) is 3. The summed E-state index contributed by atoms with van der Waals surface area (Å²) in [7, 11) is 1.75. The van der Waals surface area contributed by atoms with E-state index in [4.69, 9.17) is 9.47 Å². The first-order valence-electron chi connectivity index (χ1n) is 6.16. The van der Waals surface area contributed by atoms with E-state index in [0.717, 1.165) is 32.7 Å². The summed E-state index contributed by atoms with van der Waals surface area (Å²) in [5, 5.41) is 3.35. The van der Waals surface area contributed by atoms with Gasteiger partial charge in [-0.2, -0.15) is 0 Å². The average Bonchev–Trinajstić information content (AvgIpc) is 2.22. The minimum absolute atomic E-state index is 0.0776. The molecular formula is C13H29NO2. The van der Waals surface area contributed by atoms with Crippen LogP contribution < -0.4 is 5.32 Å². The van der Waals surface area contributed by atoms with Crippen molar-refractivity contribution in [3.63, 3.8) is 0 Å². The third-order valence-electron chi connectivity index (χ3n) is 2.75. The van der Waals surface area contributed by atoms with Crippen LogP contribution in [0.15, 0.2) is 0 Å². The number of rotatable bonds is 9. The van der Waals surface area contributed by atoms with Gasteiger partial charge in [-0.25, -0.2) is 0 Å². The molecule has 0 unspecified atom stereocenters. The summed E-state index contributed by atoms with van der Waals surface area (Å²) in [5.41, 5.74) is 0.124. The Labute approximate surface area is 101 Å². The van der Waals surface area contributed by atoms with Crippen molar-refractivity contribution in [3.8, 4) is 0 Å². The van der Waals surface area contributed by atoms with Crippen LogP contribution in [0.5, 0.6) is 0 Å². The standard InChI is InChI=1S/C13H29NO2/c1-7-14-10-12(2,3)11-16-9-8-13(4,5)15-6/h14H,7-11H2,1-6H3. The van der Waals surface area contributed by atoms with Crippen molar-refractivity contribution in [2.45, 2.75) is 46.6 Å². The highest BCUT2D eigenvalue weighted by Crippen LogP contribution is 2.16. The molecule has 0 aliphatic heterocycles. The summed E-state index contributed by atoms with van der Waals surface area (Å²) in [5.74, 6) is 0. The van der Waals surface area contributed by atoms with Gasteiger partial charge < -0.3 is 14.8 Å². The number of hydrogen-bond donors (Lipinski definition) is 1. The number of ether oxygens (including phenoxy) is 2. The summed E-state index contributed by atoms with van der Waals surface area (Å²) in [6, 6.07) is 0. The van der Waals surface area contributed by atoms with Crippen molar-refractivity contribution in [2.75, 3.05) is 33.4 Å². The second-order valence-electron chi connectivity index (χ2n) is 5.71. The lowest BCUT2D eigenvalue weighted by Crippen LogP contribution is -2.34. The second-order valence-corrected chi connectivity index (χ2v) is 5.71. The van der Waals surface area contributed by atoms with Crippen LogP contribution in [-0.2, 0) is 9.47 Å². The summed E-state index contributed by atoms with van der Waals surface area (Å²) < 4.78 is 11.1. The Hall–Kier alpha value is -0.120. The molecule has 0 aromatic carbocycles. The van der Waals surface area contributed by atoms with Gasteiger partial charge in [0.2, 0.25) is 0 Å². The van der Waals surface area contributed by atoms with Crippen LogP contribution >= 0.6 is 0 Å². The van der Waals surface area contributed by atoms with E-state index in [1.54, 1.807) is 7.11 Å². The van der Waals surface area contributed by atoms with Gasteiger partial charge in [0.05, 0.1) is 12.2 Å². The fourth-order valence-electron chi connectivity index (χ4n) is 1.28. The van der Waals surface area contributed by atoms with E-state index < -0.39 is 0 Å². The zero-order chi connectivity index (χ0) is 12.7. The van der Waals surface area contributed by atoms with Gasteiger partial charge in [0.25, 0.3) is 0 Å². The average molecular weight is 231 g/mol.